The molecule has 0 heterocycles. The van der Waals surface area contributed by atoms with Crippen LogP contribution in [-0.2, 0) is 13.5 Å². The average Bonchev–Trinajstić information content (AvgIpc) is 1.67. The third-order valence-electron chi connectivity index (χ3n) is 0.615. The molecule has 0 amide bonds. The zero-order valence-electron chi connectivity index (χ0n) is 4.76. The van der Waals surface area contributed by atoms with E-state index in [2.05, 4.69) is 8.96 Å². The first-order valence-electron chi connectivity index (χ1n) is 1.96. The van der Waals surface area contributed by atoms with E-state index in [0.29, 0.717) is 0 Å². The van der Waals surface area contributed by atoms with Gasteiger partial charge in [-0.15, -0.1) is 0 Å². The summed E-state index contributed by atoms with van der Waals surface area (Å²) in [5.74, 6) is 0. The second-order valence-electron chi connectivity index (χ2n) is 1.19. The first-order chi connectivity index (χ1) is 3.62. The van der Waals surface area contributed by atoms with Crippen molar-refractivity contribution >= 4 is 15.4 Å². The Morgan fingerprint density at radius 3 is 2.38 bits per heavy atom. The van der Waals surface area contributed by atoms with E-state index in [-0.39, 0.29) is 0 Å². The van der Waals surface area contributed by atoms with Gasteiger partial charge in [0.2, 0.25) is 0 Å². The molecule has 0 N–H and O–H groups in total. The fraction of sp³-hybridized carbons (Fsp3) is 1.00. The largest absolute Gasteiger partial charge is 0.488 e. The van der Waals surface area contributed by atoms with Gasteiger partial charge in [0.05, 0.1) is 0 Å². The summed E-state index contributed by atoms with van der Waals surface area (Å²) >= 11 is 0. The van der Waals surface area contributed by atoms with Crippen LogP contribution in [0.5, 0.6) is 0 Å². The lowest BCUT2D eigenvalue weighted by atomic mass is 10.5. The second kappa shape index (κ2) is 3.23. The number of hydrogen-bond donors (Lipinski definition) is 0. The molecular formula is C2H7BFO3P. The van der Waals surface area contributed by atoms with Gasteiger partial charge in [0.25, 0.3) is 0 Å². The van der Waals surface area contributed by atoms with Gasteiger partial charge in [0.15, 0.2) is 0 Å². The van der Waals surface area contributed by atoms with Gasteiger partial charge in [0, 0.05) is 13.8 Å². The van der Waals surface area contributed by atoms with Gasteiger partial charge in [-0.05, 0) is 0 Å². The molecule has 0 aromatic heterocycles. The molecule has 48 valence electrons. The molecule has 0 fully saturated rings. The van der Waals surface area contributed by atoms with Crippen LogP contribution >= 0.6 is 7.60 Å². The van der Waals surface area contributed by atoms with E-state index in [1.165, 1.54) is 13.8 Å². The summed E-state index contributed by atoms with van der Waals surface area (Å²) in [7, 11) is -2.91. The lowest BCUT2D eigenvalue weighted by molar-refractivity contribution is 0.327. The van der Waals surface area contributed by atoms with Gasteiger partial charge < -0.3 is 8.96 Å². The molecule has 0 aliphatic carbocycles. The highest BCUT2D eigenvalue weighted by molar-refractivity contribution is 7.53. The molecule has 0 aliphatic rings. The Morgan fingerprint density at radius 1 is 1.75 bits per heavy atom. The van der Waals surface area contributed by atoms with Crippen LogP contribution in [0.2, 0.25) is 0 Å². The predicted octanol–water partition coefficient (Wildman–Crippen LogP) is 0.708. The Labute approximate surface area is 48.0 Å². The smallest absolute Gasteiger partial charge is 0.339 e. The van der Waals surface area contributed by atoms with Crippen LogP contribution in [0.4, 0.5) is 4.32 Å². The molecule has 1 unspecified atom stereocenters. The molecule has 0 bridgehead atoms. The van der Waals surface area contributed by atoms with Crippen LogP contribution in [0.1, 0.15) is 0 Å². The summed E-state index contributed by atoms with van der Waals surface area (Å²) in [6.45, 7) is 1.20. The van der Waals surface area contributed by atoms with E-state index in [9.17, 15) is 8.88 Å². The fourth-order valence-electron chi connectivity index (χ4n) is 0.141. The third kappa shape index (κ3) is 3.19. The van der Waals surface area contributed by atoms with Crippen LogP contribution in [-0.4, -0.2) is 21.5 Å². The van der Waals surface area contributed by atoms with Gasteiger partial charge in [-0.25, -0.2) is 0 Å². The highest BCUT2D eigenvalue weighted by Gasteiger charge is 2.13. The minimum atomic E-state index is -3.05. The van der Waals surface area contributed by atoms with E-state index in [0.717, 1.165) is 0 Å². The minimum absolute atomic E-state index is 1.07. The molecule has 1 atom stereocenters. The summed E-state index contributed by atoms with van der Waals surface area (Å²) in [6, 6.07) is 0. The molecule has 8 heavy (non-hydrogen) atoms. The van der Waals surface area contributed by atoms with Crippen molar-refractivity contribution in [3.05, 3.63) is 0 Å². The van der Waals surface area contributed by atoms with Gasteiger partial charge in [-0.2, -0.15) is 0 Å². The first kappa shape index (κ1) is 8.14. The summed E-state index contributed by atoms with van der Waals surface area (Å²) < 4.78 is 30.0. The predicted molar refractivity (Wildman–Crippen MR) is 29.9 cm³/mol. The van der Waals surface area contributed by atoms with Crippen LogP contribution in [0.15, 0.2) is 0 Å². The Hall–Kier alpha value is 0.145. The molecule has 0 aromatic carbocycles. The van der Waals surface area contributed by atoms with Crippen LogP contribution in [0.25, 0.3) is 0 Å². The van der Waals surface area contributed by atoms with Crippen molar-refractivity contribution in [3.8, 4) is 0 Å². The molecule has 0 aliphatic heterocycles. The molecule has 0 radical (unpaired) electrons. The normalized spacial score (nSPS) is 17.4. The zero-order chi connectivity index (χ0) is 6.62. The Morgan fingerprint density at radius 2 is 2.25 bits per heavy atom. The van der Waals surface area contributed by atoms with E-state index in [1.54, 1.807) is 0 Å². The van der Waals surface area contributed by atoms with Crippen LogP contribution in [0.3, 0.4) is 0 Å². The zero-order valence-corrected chi connectivity index (χ0v) is 5.65. The van der Waals surface area contributed by atoms with E-state index >= 15 is 0 Å². The van der Waals surface area contributed by atoms with Gasteiger partial charge >= 0.3 is 15.4 Å². The van der Waals surface area contributed by atoms with Gasteiger partial charge in [-0.3, -0.25) is 8.88 Å². The van der Waals surface area contributed by atoms with E-state index in [4.69, 9.17) is 0 Å². The molecule has 0 rings (SSSR count). The summed E-state index contributed by atoms with van der Waals surface area (Å²) in [5.41, 5.74) is 0. The Kier molecular flexibility index (Phi) is 3.28. The highest BCUT2D eigenvalue weighted by Crippen LogP contribution is 2.41. The van der Waals surface area contributed by atoms with Crippen molar-refractivity contribution in [2.75, 3.05) is 13.8 Å². The SMILES string of the molecule is COP(C)(=O)OBF. The Bertz CT molecular complexity index is 107. The molecule has 6 heteroatoms. The molecule has 0 aromatic rings. The molecule has 0 spiro atoms. The minimum Gasteiger partial charge on any atom is -0.339 e. The van der Waals surface area contributed by atoms with Crippen LogP contribution in [0, 0.1) is 0 Å². The first-order valence-corrected chi connectivity index (χ1v) is 3.95. The quantitative estimate of drug-likeness (QED) is 0.427. The van der Waals surface area contributed by atoms with E-state index < -0.39 is 15.4 Å². The maximum atomic E-state index is 11.2. The molecule has 0 saturated heterocycles. The number of hydrogen-bond acceptors (Lipinski definition) is 3. The maximum Gasteiger partial charge on any atom is 0.488 e. The second-order valence-corrected chi connectivity index (χ2v) is 3.36. The number of rotatable bonds is 3. The van der Waals surface area contributed by atoms with Crippen molar-refractivity contribution in [1.29, 1.82) is 0 Å². The van der Waals surface area contributed by atoms with Crippen molar-refractivity contribution in [2.24, 2.45) is 0 Å². The standard InChI is InChI=1S/C2H7BFO3P/c1-6-8(2,5)7-3-4/h3H,1-2H3. The average molecular weight is 140 g/mol. The fourth-order valence-corrected chi connectivity index (χ4v) is 0.424. The summed E-state index contributed by atoms with van der Waals surface area (Å²) in [5, 5.41) is 0. The molecule has 0 saturated carbocycles. The Balaban J connectivity index is 3.55. The van der Waals surface area contributed by atoms with Crippen LogP contribution < -0.4 is 0 Å². The number of halogens is 1. The third-order valence-corrected chi connectivity index (χ3v) is 1.84. The van der Waals surface area contributed by atoms with Crippen molar-refractivity contribution in [2.45, 2.75) is 0 Å². The van der Waals surface area contributed by atoms with Crippen molar-refractivity contribution in [1.82, 2.24) is 0 Å². The maximum absolute atomic E-state index is 11.2. The summed E-state index contributed by atoms with van der Waals surface area (Å²) in [4.78, 5) is 0. The van der Waals surface area contributed by atoms with E-state index in [1.807, 2.05) is 0 Å². The highest BCUT2D eigenvalue weighted by atomic mass is 31.2. The topological polar surface area (TPSA) is 35.5 Å². The van der Waals surface area contributed by atoms with Crippen molar-refractivity contribution in [3.63, 3.8) is 0 Å². The van der Waals surface area contributed by atoms with Gasteiger partial charge in [0.1, 0.15) is 0 Å². The summed E-state index contributed by atoms with van der Waals surface area (Å²) in [6.07, 6.45) is 0. The molecular weight excluding hydrogens is 133 g/mol. The lowest BCUT2D eigenvalue weighted by Gasteiger charge is -2.05. The van der Waals surface area contributed by atoms with Crippen molar-refractivity contribution < 1.29 is 17.8 Å². The van der Waals surface area contributed by atoms with Gasteiger partial charge in [-0.1, -0.05) is 0 Å². The lowest BCUT2D eigenvalue weighted by Crippen LogP contribution is -1.90. The monoisotopic (exact) mass is 140 g/mol. The molecule has 3 nitrogen and oxygen atoms in total.